The summed E-state index contributed by atoms with van der Waals surface area (Å²) in [5.41, 5.74) is 4.34. The normalized spacial score (nSPS) is 14.2. The number of rotatable bonds is 8. The van der Waals surface area contributed by atoms with Crippen LogP contribution in [-0.2, 0) is 6.54 Å². The number of likely N-dealkylation sites (tertiary alicyclic amines) is 1. The molecule has 2 aromatic carbocycles. The molecule has 0 spiro atoms. The lowest BCUT2D eigenvalue weighted by molar-refractivity contribution is 0.0947. The van der Waals surface area contributed by atoms with Crippen molar-refractivity contribution in [2.24, 2.45) is 0 Å². The smallest absolute Gasteiger partial charge is 0.254 e. The van der Waals surface area contributed by atoms with Gasteiger partial charge in [0.2, 0.25) is 0 Å². The minimum absolute atomic E-state index is 0.0352. The molecule has 0 aliphatic carbocycles. The van der Waals surface area contributed by atoms with Gasteiger partial charge in [-0.05, 0) is 74.8 Å². The van der Waals surface area contributed by atoms with Gasteiger partial charge in [0.15, 0.2) is 5.65 Å². The van der Waals surface area contributed by atoms with E-state index >= 15 is 4.39 Å². The van der Waals surface area contributed by atoms with Gasteiger partial charge in [-0.3, -0.25) is 9.78 Å². The number of para-hydroxylation sites is 1. The van der Waals surface area contributed by atoms with Crippen molar-refractivity contribution >= 4 is 28.0 Å². The fourth-order valence-electron chi connectivity index (χ4n) is 5.22. The third-order valence-electron chi connectivity index (χ3n) is 7.29. The Morgan fingerprint density at radius 2 is 1.87 bits per heavy atom. The second-order valence-corrected chi connectivity index (χ2v) is 9.98. The Hall–Kier alpha value is -4.24. The van der Waals surface area contributed by atoms with E-state index in [1.165, 1.54) is 31.4 Å². The molecule has 198 valence electrons. The Balaban J connectivity index is 1.16. The van der Waals surface area contributed by atoms with Crippen molar-refractivity contribution in [3.8, 4) is 11.3 Å². The molecule has 1 aliphatic rings. The highest BCUT2D eigenvalue weighted by Gasteiger charge is 2.16. The number of nitrogens with zero attached hydrogens (tertiary/aromatic N) is 6. The number of halogens is 1. The molecule has 1 aliphatic heterocycles. The first kappa shape index (κ1) is 25.1. The molecule has 0 unspecified atom stereocenters. The summed E-state index contributed by atoms with van der Waals surface area (Å²) in [4.78, 5) is 24.3. The van der Waals surface area contributed by atoms with Crippen LogP contribution in [0.25, 0.3) is 33.3 Å². The largest absolute Gasteiger partial charge is 0.352 e. The first-order valence-corrected chi connectivity index (χ1v) is 13.5. The zero-order valence-electron chi connectivity index (χ0n) is 21.7. The Kier molecular flexibility index (Phi) is 7.23. The maximum absolute atomic E-state index is 15.0. The van der Waals surface area contributed by atoms with Crippen LogP contribution < -0.4 is 5.32 Å². The summed E-state index contributed by atoms with van der Waals surface area (Å²) in [5, 5.41) is 12.5. The van der Waals surface area contributed by atoms with E-state index < -0.39 is 11.7 Å². The first-order chi connectivity index (χ1) is 19.2. The van der Waals surface area contributed by atoms with Crippen molar-refractivity contribution in [2.75, 3.05) is 26.2 Å². The lowest BCUT2D eigenvalue weighted by atomic mass is 10.1. The molecule has 4 heterocycles. The second kappa shape index (κ2) is 11.2. The van der Waals surface area contributed by atoms with Gasteiger partial charge in [0.05, 0.1) is 23.3 Å². The fraction of sp³-hybridized carbons (Fsp3) is 0.300. The number of pyridine rings is 2. The maximum atomic E-state index is 15.0. The molecule has 0 bridgehead atoms. The van der Waals surface area contributed by atoms with E-state index in [4.69, 9.17) is 4.98 Å². The number of hydrogen-bond acceptors (Lipinski definition) is 6. The third kappa shape index (κ3) is 5.49. The van der Waals surface area contributed by atoms with E-state index in [9.17, 15) is 4.79 Å². The van der Waals surface area contributed by atoms with Gasteiger partial charge in [-0.1, -0.05) is 42.0 Å². The molecule has 3 aromatic heterocycles. The molecule has 1 amide bonds. The van der Waals surface area contributed by atoms with E-state index in [2.05, 4.69) is 25.5 Å². The molecule has 1 saturated heterocycles. The molecule has 0 radical (unpaired) electrons. The maximum Gasteiger partial charge on any atom is 0.254 e. The SMILES string of the molecule is O=C(NCCCN1CCCCC1)c1ccc(-c2ccc3nnn(Cc4cccc5cccnc45)c3n2)cc1F. The van der Waals surface area contributed by atoms with E-state index in [1.54, 1.807) is 23.0 Å². The van der Waals surface area contributed by atoms with E-state index in [-0.39, 0.29) is 5.56 Å². The number of fused-ring (bicyclic) bond motifs is 2. The summed E-state index contributed by atoms with van der Waals surface area (Å²) in [6.07, 6.45) is 6.41. The van der Waals surface area contributed by atoms with Gasteiger partial charge in [-0.25, -0.2) is 14.1 Å². The Bertz CT molecular complexity index is 1620. The number of carbonyl (C=O) groups excluding carboxylic acids is 1. The van der Waals surface area contributed by atoms with Gasteiger partial charge in [0.1, 0.15) is 11.3 Å². The van der Waals surface area contributed by atoms with Crippen LogP contribution in [0.2, 0.25) is 0 Å². The van der Waals surface area contributed by atoms with Crippen LogP contribution in [0, 0.1) is 5.82 Å². The standard InChI is InChI=1S/C30H30FN7O/c31-25-19-22(10-11-24(25)30(39)33-15-6-18-37-16-2-1-3-17-37)26-12-13-27-29(34-26)38(36-35-27)20-23-8-4-7-21-9-5-14-32-28(21)23/h4-5,7-14,19H,1-3,6,15-18,20H2,(H,33,39). The average Bonchev–Trinajstić information content (AvgIpc) is 3.37. The van der Waals surface area contributed by atoms with Crippen molar-refractivity contribution < 1.29 is 9.18 Å². The van der Waals surface area contributed by atoms with Gasteiger partial charge in [-0.2, -0.15) is 0 Å². The summed E-state index contributed by atoms with van der Waals surface area (Å²) >= 11 is 0. The Labute approximate surface area is 225 Å². The van der Waals surface area contributed by atoms with Crippen LogP contribution in [0.5, 0.6) is 0 Å². The molecule has 1 fully saturated rings. The number of amides is 1. The lowest BCUT2D eigenvalue weighted by Gasteiger charge is -2.26. The third-order valence-corrected chi connectivity index (χ3v) is 7.29. The highest BCUT2D eigenvalue weighted by atomic mass is 19.1. The number of benzene rings is 2. The number of carbonyl (C=O) groups is 1. The van der Waals surface area contributed by atoms with Crippen LogP contribution in [0.3, 0.4) is 0 Å². The first-order valence-electron chi connectivity index (χ1n) is 13.5. The summed E-state index contributed by atoms with van der Waals surface area (Å²) in [6.45, 7) is 4.19. The molecule has 9 heteroatoms. The molecule has 8 nitrogen and oxygen atoms in total. The second-order valence-electron chi connectivity index (χ2n) is 9.98. The predicted octanol–water partition coefficient (Wildman–Crippen LogP) is 4.83. The van der Waals surface area contributed by atoms with E-state index in [0.717, 1.165) is 42.5 Å². The van der Waals surface area contributed by atoms with Crippen molar-refractivity contribution in [1.29, 1.82) is 0 Å². The van der Waals surface area contributed by atoms with E-state index in [0.29, 0.717) is 35.5 Å². The number of aromatic nitrogens is 5. The summed E-state index contributed by atoms with van der Waals surface area (Å²) in [7, 11) is 0. The molecular formula is C30H30FN7O. The Morgan fingerprint density at radius 1 is 1.00 bits per heavy atom. The zero-order chi connectivity index (χ0) is 26.6. The summed E-state index contributed by atoms with van der Waals surface area (Å²) < 4.78 is 16.7. The van der Waals surface area contributed by atoms with Crippen molar-refractivity contribution in [1.82, 2.24) is 35.2 Å². The van der Waals surface area contributed by atoms with Gasteiger partial charge >= 0.3 is 0 Å². The van der Waals surface area contributed by atoms with E-state index in [1.807, 2.05) is 36.4 Å². The van der Waals surface area contributed by atoms with Gasteiger partial charge < -0.3 is 10.2 Å². The molecule has 0 saturated carbocycles. The minimum atomic E-state index is -0.573. The molecule has 0 atom stereocenters. The van der Waals surface area contributed by atoms with Crippen molar-refractivity contribution in [3.63, 3.8) is 0 Å². The van der Waals surface area contributed by atoms with Crippen molar-refractivity contribution in [2.45, 2.75) is 32.2 Å². The minimum Gasteiger partial charge on any atom is -0.352 e. The van der Waals surface area contributed by atoms with Crippen LogP contribution in [0.1, 0.15) is 41.6 Å². The van der Waals surface area contributed by atoms with Crippen LogP contribution in [0.4, 0.5) is 4.39 Å². The highest BCUT2D eigenvalue weighted by Crippen LogP contribution is 2.24. The zero-order valence-corrected chi connectivity index (χ0v) is 21.7. The molecule has 39 heavy (non-hydrogen) atoms. The van der Waals surface area contributed by atoms with Crippen LogP contribution in [-0.4, -0.2) is 61.9 Å². The van der Waals surface area contributed by atoms with Crippen molar-refractivity contribution in [3.05, 3.63) is 83.8 Å². The quantitative estimate of drug-likeness (QED) is 0.293. The number of nitrogens with one attached hydrogen (secondary N) is 1. The molecule has 1 N–H and O–H groups in total. The fourth-order valence-corrected chi connectivity index (χ4v) is 5.22. The molecular weight excluding hydrogens is 493 g/mol. The molecule has 6 rings (SSSR count). The number of piperidine rings is 1. The summed E-state index contributed by atoms with van der Waals surface area (Å²) in [5.74, 6) is -0.969. The summed E-state index contributed by atoms with van der Waals surface area (Å²) in [6, 6.07) is 18.2. The monoisotopic (exact) mass is 523 g/mol. The Morgan fingerprint density at radius 3 is 2.74 bits per heavy atom. The van der Waals surface area contributed by atoms with Gasteiger partial charge in [0.25, 0.3) is 5.91 Å². The number of hydrogen-bond donors (Lipinski definition) is 1. The van der Waals surface area contributed by atoms with Crippen LogP contribution >= 0.6 is 0 Å². The highest BCUT2D eigenvalue weighted by molar-refractivity contribution is 5.95. The van der Waals surface area contributed by atoms with Gasteiger partial charge in [-0.15, -0.1) is 5.10 Å². The predicted molar refractivity (Wildman–Crippen MR) is 149 cm³/mol. The average molecular weight is 524 g/mol. The van der Waals surface area contributed by atoms with Crippen LogP contribution in [0.15, 0.2) is 66.9 Å². The lowest BCUT2D eigenvalue weighted by Crippen LogP contribution is -2.33. The molecule has 5 aromatic rings. The van der Waals surface area contributed by atoms with Gasteiger partial charge in [0, 0.05) is 23.7 Å². The topological polar surface area (TPSA) is 88.8 Å².